The molecular weight excluding hydrogens is 321 g/mol. The third kappa shape index (κ3) is 5.11. The van der Waals surface area contributed by atoms with Crippen LogP contribution in [-0.4, -0.2) is 23.2 Å². The molecule has 0 unspecified atom stereocenters. The number of carboxylic acid groups (broad SMARTS) is 1. The van der Waals surface area contributed by atoms with E-state index in [2.05, 4.69) is 4.74 Å². The van der Waals surface area contributed by atoms with Crippen molar-refractivity contribution in [2.24, 2.45) is 0 Å². The smallest absolute Gasteiger partial charge is 0.446 e. The van der Waals surface area contributed by atoms with Gasteiger partial charge in [-0.1, -0.05) is 6.07 Å². The molecule has 0 aliphatic rings. The Bertz CT molecular complexity index is 582. The molecule has 0 saturated heterocycles. The van der Waals surface area contributed by atoms with E-state index in [0.717, 1.165) is 12.1 Å². The summed E-state index contributed by atoms with van der Waals surface area (Å²) < 4.78 is 65.6. The SMILES string of the molecule is N#Cc1c(CC(=O)O)ccc(SC(F)(F)F)c1OC(F)F. The Hall–Kier alpha value is -2.02. The minimum absolute atomic E-state index is 0.216. The van der Waals surface area contributed by atoms with Gasteiger partial charge < -0.3 is 9.84 Å². The molecule has 21 heavy (non-hydrogen) atoms. The number of hydrogen-bond donors (Lipinski definition) is 1. The summed E-state index contributed by atoms with van der Waals surface area (Å²) in [6, 6.07) is 3.14. The van der Waals surface area contributed by atoms with Gasteiger partial charge in [-0.3, -0.25) is 4.79 Å². The minimum Gasteiger partial charge on any atom is -0.481 e. The zero-order chi connectivity index (χ0) is 16.2. The molecule has 1 N–H and O–H groups in total. The largest absolute Gasteiger partial charge is 0.481 e. The first-order chi connectivity index (χ1) is 9.64. The zero-order valence-corrected chi connectivity index (χ0v) is 10.8. The standard InChI is InChI=1S/C11H6F5NO3S/c12-10(13)20-9-6(4-17)5(3-8(18)19)1-2-7(9)21-11(14,15)16/h1-2,10H,3H2,(H,18,19). The van der Waals surface area contributed by atoms with Gasteiger partial charge in [0.25, 0.3) is 0 Å². The van der Waals surface area contributed by atoms with Gasteiger partial charge in [0.1, 0.15) is 6.07 Å². The van der Waals surface area contributed by atoms with Crippen LogP contribution in [0.25, 0.3) is 0 Å². The lowest BCUT2D eigenvalue weighted by Crippen LogP contribution is -2.10. The molecule has 0 aromatic heterocycles. The summed E-state index contributed by atoms with van der Waals surface area (Å²) in [4.78, 5) is 9.86. The van der Waals surface area contributed by atoms with Gasteiger partial charge in [-0.05, 0) is 23.4 Å². The number of nitrogens with zero attached hydrogens (tertiary/aromatic N) is 1. The first-order valence-corrected chi connectivity index (χ1v) is 5.94. The van der Waals surface area contributed by atoms with Gasteiger partial charge >= 0.3 is 18.1 Å². The third-order valence-corrected chi connectivity index (χ3v) is 2.87. The van der Waals surface area contributed by atoms with Crippen molar-refractivity contribution >= 4 is 17.7 Å². The number of alkyl halides is 5. The quantitative estimate of drug-likeness (QED) is 0.663. The molecule has 0 radical (unpaired) electrons. The predicted octanol–water partition coefficient (Wildman–Crippen LogP) is 3.40. The molecule has 0 aliphatic heterocycles. The monoisotopic (exact) mass is 327 g/mol. The summed E-state index contributed by atoms with van der Waals surface area (Å²) in [5.41, 5.74) is -5.65. The van der Waals surface area contributed by atoms with E-state index < -0.39 is 52.5 Å². The van der Waals surface area contributed by atoms with Gasteiger partial charge in [-0.2, -0.15) is 27.2 Å². The molecule has 114 valence electrons. The normalized spacial score (nSPS) is 11.3. The van der Waals surface area contributed by atoms with Crippen molar-refractivity contribution in [2.45, 2.75) is 23.4 Å². The number of aliphatic carboxylic acids is 1. The fraction of sp³-hybridized carbons (Fsp3) is 0.273. The van der Waals surface area contributed by atoms with Crippen molar-refractivity contribution in [1.82, 2.24) is 0 Å². The van der Waals surface area contributed by atoms with Crippen LogP contribution < -0.4 is 4.74 Å². The van der Waals surface area contributed by atoms with E-state index in [0.29, 0.717) is 0 Å². The number of benzene rings is 1. The lowest BCUT2D eigenvalue weighted by molar-refractivity contribution is -0.136. The number of thioether (sulfide) groups is 1. The van der Waals surface area contributed by atoms with E-state index in [-0.39, 0.29) is 5.56 Å². The number of nitriles is 1. The molecule has 1 aromatic carbocycles. The minimum atomic E-state index is -4.78. The predicted molar refractivity (Wildman–Crippen MR) is 61.0 cm³/mol. The maximum atomic E-state index is 12.3. The zero-order valence-electron chi connectivity index (χ0n) is 9.95. The maximum Gasteiger partial charge on any atom is 0.446 e. The van der Waals surface area contributed by atoms with E-state index in [1.807, 2.05) is 0 Å². The Balaban J connectivity index is 3.39. The Morgan fingerprint density at radius 2 is 2.05 bits per heavy atom. The Kier molecular flexibility index (Phi) is 5.37. The van der Waals surface area contributed by atoms with E-state index in [1.54, 1.807) is 0 Å². The first kappa shape index (κ1) is 17.0. The highest BCUT2D eigenvalue weighted by molar-refractivity contribution is 8.00. The van der Waals surface area contributed by atoms with Crippen LogP contribution >= 0.6 is 11.8 Å². The van der Waals surface area contributed by atoms with Crippen molar-refractivity contribution in [2.75, 3.05) is 0 Å². The van der Waals surface area contributed by atoms with Crippen LogP contribution in [0.3, 0.4) is 0 Å². The van der Waals surface area contributed by atoms with Gasteiger partial charge in [-0.15, -0.1) is 0 Å². The van der Waals surface area contributed by atoms with Crippen molar-refractivity contribution in [1.29, 1.82) is 5.26 Å². The highest BCUT2D eigenvalue weighted by Crippen LogP contribution is 2.44. The summed E-state index contributed by atoms with van der Waals surface area (Å²) in [6.07, 6.45) is -0.709. The second kappa shape index (κ2) is 6.62. The number of carboxylic acids is 1. The molecule has 0 saturated carbocycles. The molecule has 0 aliphatic carbocycles. The van der Waals surface area contributed by atoms with Crippen molar-refractivity contribution in [3.63, 3.8) is 0 Å². The maximum absolute atomic E-state index is 12.3. The topological polar surface area (TPSA) is 70.3 Å². The summed E-state index contributed by atoms with van der Waals surface area (Å²) in [7, 11) is 0. The fourth-order valence-corrected chi connectivity index (χ4v) is 2.08. The van der Waals surface area contributed by atoms with Crippen LogP contribution in [0.2, 0.25) is 0 Å². The molecule has 0 bridgehead atoms. The van der Waals surface area contributed by atoms with Crippen LogP contribution in [0, 0.1) is 11.3 Å². The molecule has 4 nitrogen and oxygen atoms in total. The van der Waals surface area contributed by atoms with E-state index >= 15 is 0 Å². The number of hydrogen-bond acceptors (Lipinski definition) is 4. The molecule has 1 aromatic rings. The highest BCUT2D eigenvalue weighted by atomic mass is 32.2. The van der Waals surface area contributed by atoms with Crippen LogP contribution in [-0.2, 0) is 11.2 Å². The van der Waals surface area contributed by atoms with Gasteiger partial charge in [0.2, 0.25) is 0 Å². The van der Waals surface area contributed by atoms with Gasteiger partial charge in [-0.25, -0.2) is 0 Å². The van der Waals surface area contributed by atoms with Gasteiger partial charge in [0.05, 0.1) is 16.9 Å². The average Bonchev–Trinajstić information content (AvgIpc) is 2.30. The van der Waals surface area contributed by atoms with E-state index in [9.17, 15) is 26.7 Å². The second-order valence-electron chi connectivity index (χ2n) is 3.54. The van der Waals surface area contributed by atoms with Gasteiger partial charge in [0, 0.05) is 0 Å². The van der Waals surface area contributed by atoms with Crippen LogP contribution in [0.15, 0.2) is 17.0 Å². The summed E-state index contributed by atoms with van der Waals surface area (Å²) in [5.74, 6) is -2.35. The summed E-state index contributed by atoms with van der Waals surface area (Å²) in [5, 5.41) is 17.5. The molecule has 10 heteroatoms. The van der Waals surface area contributed by atoms with Crippen LogP contribution in [0.5, 0.6) is 5.75 Å². The lowest BCUT2D eigenvalue weighted by Gasteiger charge is -2.15. The van der Waals surface area contributed by atoms with E-state index in [4.69, 9.17) is 10.4 Å². The summed E-state index contributed by atoms with van der Waals surface area (Å²) >= 11 is -0.730. The molecule has 0 fully saturated rings. The van der Waals surface area contributed by atoms with Gasteiger partial charge in [0.15, 0.2) is 5.75 Å². The first-order valence-electron chi connectivity index (χ1n) is 5.12. The molecule has 0 heterocycles. The lowest BCUT2D eigenvalue weighted by atomic mass is 10.0. The van der Waals surface area contributed by atoms with Crippen molar-refractivity contribution in [3.8, 4) is 11.8 Å². The van der Waals surface area contributed by atoms with Crippen LogP contribution in [0.4, 0.5) is 22.0 Å². The van der Waals surface area contributed by atoms with Crippen molar-refractivity contribution in [3.05, 3.63) is 23.3 Å². The fourth-order valence-electron chi connectivity index (χ4n) is 1.45. The second-order valence-corrected chi connectivity index (χ2v) is 4.64. The van der Waals surface area contributed by atoms with E-state index in [1.165, 1.54) is 6.07 Å². The average molecular weight is 327 g/mol. The Labute approximate surface area is 119 Å². The Morgan fingerprint density at radius 1 is 1.43 bits per heavy atom. The van der Waals surface area contributed by atoms with Crippen LogP contribution in [0.1, 0.15) is 11.1 Å². The molecule has 0 atom stereocenters. The number of carbonyl (C=O) groups is 1. The molecule has 0 spiro atoms. The molecular formula is C11H6F5NO3S. The number of ether oxygens (including phenoxy) is 1. The molecule has 1 rings (SSSR count). The number of rotatable bonds is 5. The van der Waals surface area contributed by atoms with Crippen molar-refractivity contribution < 1.29 is 36.6 Å². The highest BCUT2D eigenvalue weighted by Gasteiger charge is 2.32. The Morgan fingerprint density at radius 3 is 2.48 bits per heavy atom. The molecule has 0 amide bonds. The third-order valence-electron chi connectivity index (χ3n) is 2.09. The summed E-state index contributed by atoms with van der Waals surface area (Å²) in [6.45, 7) is -3.45. The number of halogens is 5.